The summed E-state index contributed by atoms with van der Waals surface area (Å²) < 4.78 is 10.4. The van der Waals surface area contributed by atoms with Crippen LogP contribution in [-0.2, 0) is 0 Å². The summed E-state index contributed by atoms with van der Waals surface area (Å²) in [6, 6.07) is 7.54. The van der Waals surface area contributed by atoms with Crippen LogP contribution in [0.4, 0.5) is 0 Å². The average Bonchev–Trinajstić information content (AvgIpc) is 2.58. The maximum Gasteiger partial charge on any atom is 0.292 e. The summed E-state index contributed by atoms with van der Waals surface area (Å²) in [5.74, 6) is 1.50. The Balaban J connectivity index is 2.41. The Morgan fingerprint density at radius 1 is 1.27 bits per heavy atom. The van der Waals surface area contributed by atoms with Gasteiger partial charge in [-0.25, -0.2) is 4.98 Å². The molecular weight excluding hydrogens is 214 g/mol. The number of aryl methyl sites for hydroxylation is 1. The van der Waals surface area contributed by atoms with Gasteiger partial charge in [0.1, 0.15) is 5.75 Å². The van der Waals surface area contributed by atoms with E-state index in [2.05, 4.69) is 4.98 Å². The van der Waals surface area contributed by atoms with Crippen molar-refractivity contribution in [3.05, 3.63) is 35.3 Å². The van der Waals surface area contributed by atoms with Gasteiger partial charge in [-0.15, -0.1) is 0 Å². The van der Waals surface area contributed by atoms with Gasteiger partial charge in [-0.05, 0) is 42.8 Å². The summed E-state index contributed by atoms with van der Waals surface area (Å²) in [6.45, 7) is 1.86. The molecule has 0 N–H and O–H groups in total. The molecule has 0 aliphatic rings. The molecule has 2 rings (SSSR count). The molecule has 4 heteroatoms. The lowest BCUT2D eigenvalue weighted by Crippen LogP contribution is -1.83. The lowest BCUT2D eigenvalue weighted by Gasteiger charge is -2.00. The number of oxazole rings is 1. The summed E-state index contributed by atoms with van der Waals surface area (Å²) in [6.07, 6.45) is 0. The number of nitrogens with zero attached hydrogens (tertiary/aromatic N) is 1. The van der Waals surface area contributed by atoms with Crippen molar-refractivity contribution in [3.63, 3.8) is 0 Å². The van der Waals surface area contributed by atoms with Gasteiger partial charge >= 0.3 is 0 Å². The number of rotatable bonds is 2. The monoisotopic (exact) mass is 223 g/mol. The van der Waals surface area contributed by atoms with Crippen LogP contribution in [0.5, 0.6) is 5.75 Å². The third kappa shape index (κ3) is 1.97. The molecule has 0 saturated carbocycles. The summed E-state index contributed by atoms with van der Waals surface area (Å²) in [5.41, 5.74) is 1.72. The van der Waals surface area contributed by atoms with E-state index in [0.717, 1.165) is 17.0 Å². The second-order valence-corrected chi connectivity index (χ2v) is 3.43. The molecule has 0 aliphatic carbocycles. The highest BCUT2D eigenvalue weighted by molar-refractivity contribution is 6.27. The molecule has 0 spiro atoms. The number of ether oxygens (including phenoxy) is 1. The van der Waals surface area contributed by atoms with Crippen molar-refractivity contribution >= 4 is 11.6 Å². The zero-order valence-electron chi connectivity index (χ0n) is 8.45. The van der Waals surface area contributed by atoms with Crippen molar-refractivity contribution in [1.82, 2.24) is 4.98 Å². The SMILES string of the molecule is COc1ccc(-c2oc(Cl)nc2C)cc1. The number of hydrogen-bond acceptors (Lipinski definition) is 3. The van der Waals surface area contributed by atoms with E-state index in [1.165, 1.54) is 0 Å². The van der Waals surface area contributed by atoms with Crippen molar-refractivity contribution in [3.8, 4) is 17.1 Å². The van der Waals surface area contributed by atoms with Gasteiger partial charge in [-0.3, -0.25) is 0 Å². The van der Waals surface area contributed by atoms with Gasteiger partial charge < -0.3 is 9.15 Å². The highest BCUT2D eigenvalue weighted by atomic mass is 35.5. The normalized spacial score (nSPS) is 10.3. The van der Waals surface area contributed by atoms with E-state index >= 15 is 0 Å². The highest BCUT2D eigenvalue weighted by Crippen LogP contribution is 2.27. The fraction of sp³-hybridized carbons (Fsp3) is 0.182. The van der Waals surface area contributed by atoms with Gasteiger partial charge in [0.05, 0.1) is 12.8 Å². The summed E-state index contributed by atoms with van der Waals surface area (Å²) in [4.78, 5) is 4.00. The van der Waals surface area contributed by atoms with Crippen LogP contribution in [-0.4, -0.2) is 12.1 Å². The smallest absolute Gasteiger partial charge is 0.292 e. The molecule has 1 heterocycles. The topological polar surface area (TPSA) is 35.3 Å². The summed E-state index contributed by atoms with van der Waals surface area (Å²) >= 11 is 5.67. The molecule has 0 radical (unpaired) electrons. The van der Waals surface area contributed by atoms with E-state index in [-0.39, 0.29) is 5.35 Å². The van der Waals surface area contributed by atoms with Gasteiger partial charge in [0.25, 0.3) is 5.35 Å². The van der Waals surface area contributed by atoms with Crippen LogP contribution < -0.4 is 4.74 Å². The predicted octanol–water partition coefficient (Wildman–Crippen LogP) is 3.31. The Bertz CT molecular complexity index is 462. The Hall–Kier alpha value is -1.48. The average molecular weight is 224 g/mol. The quantitative estimate of drug-likeness (QED) is 0.784. The second-order valence-electron chi connectivity index (χ2n) is 3.11. The third-order valence-electron chi connectivity index (χ3n) is 2.12. The predicted molar refractivity (Wildman–Crippen MR) is 58.2 cm³/mol. The Morgan fingerprint density at radius 2 is 1.93 bits per heavy atom. The number of halogens is 1. The molecule has 78 valence electrons. The van der Waals surface area contributed by atoms with Gasteiger partial charge in [0.2, 0.25) is 0 Å². The standard InChI is InChI=1S/C11H10ClNO2/c1-7-10(15-11(12)13-7)8-3-5-9(14-2)6-4-8/h3-6H,1-2H3. The Labute approximate surface area is 92.6 Å². The van der Waals surface area contributed by atoms with Gasteiger partial charge in [-0.1, -0.05) is 0 Å². The minimum absolute atomic E-state index is 0.165. The molecule has 0 atom stereocenters. The van der Waals surface area contributed by atoms with Crippen LogP contribution >= 0.6 is 11.6 Å². The van der Waals surface area contributed by atoms with E-state index in [1.54, 1.807) is 7.11 Å². The first-order chi connectivity index (χ1) is 7.20. The van der Waals surface area contributed by atoms with E-state index in [1.807, 2.05) is 31.2 Å². The first kappa shape index (κ1) is 10.1. The fourth-order valence-corrected chi connectivity index (χ4v) is 1.58. The molecule has 3 nitrogen and oxygen atoms in total. The molecule has 0 bridgehead atoms. The summed E-state index contributed by atoms with van der Waals surface area (Å²) in [7, 11) is 1.63. The molecular formula is C11H10ClNO2. The van der Waals surface area contributed by atoms with Crippen LogP contribution in [0.15, 0.2) is 28.7 Å². The van der Waals surface area contributed by atoms with Crippen molar-refractivity contribution in [2.45, 2.75) is 6.92 Å². The molecule has 0 saturated heterocycles. The van der Waals surface area contributed by atoms with Crippen LogP contribution in [0.3, 0.4) is 0 Å². The number of aromatic nitrogens is 1. The van der Waals surface area contributed by atoms with Crippen LogP contribution in [0, 0.1) is 6.92 Å². The zero-order chi connectivity index (χ0) is 10.8. The lowest BCUT2D eigenvalue weighted by atomic mass is 10.1. The largest absolute Gasteiger partial charge is 0.497 e. The number of hydrogen-bond donors (Lipinski definition) is 0. The van der Waals surface area contributed by atoms with Crippen molar-refractivity contribution in [1.29, 1.82) is 0 Å². The van der Waals surface area contributed by atoms with Crippen LogP contribution in [0.2, 0.25) is 5.35 Å². The maximum absolute atomic E-state index is 5.67. The molecule has 1 aromatic carbocycles. The molecule has 0 fully saturated rings. The molecule has 2 aromatic rings. The fourth-order valence-electron chi connectivity index (χ4n) is 1.37. The summed E-state index contributed by atoms with van der Waals surface area (Å²) in [5, 5.41) is 0.165. The van der Waals surface area contributed by atoms with Crippen molar-refractivity contribution in [2.24, 2.45) is 0 Å². The minimum atomic E-state index is 0.165. The lowest BCUT2D eigenvalue weighted by molar-refractivity contribution is 0.415. The van der Waals surface area contributed by atoms with E-state index in [4.69, 9.17) is 20.8 Å². The van der Waals surface area contributed by atoms with Crippen LogP contribution in [0.1, 0.15) is 5.69 Å². The molecule has 0 amide bonds. The maximum atomic E-state index is 5.67. The van der Waals surface area contributed by atoms with Gasteiger partial charge in [0.15, 0.2) is 5.76 Å². The van der Waals surface area contributed by atoms with Gasteiger partial charge in [-0.2, -0.15) is 0 Å². The minimum Gasteiger partial charge on any atom is -0.497 e. The number of benzene rings is 1. The Morgan fingerprint density at radius 3 is 2.40 bits per heavy atom. The van der Waals surface area contributed by atoms with E-state index < -0.39 is 0 Å². The first-order valence-electron chi connectivity index (χ1n) is 4.48. The number of methoxy groups -OCH3 is 1. The molecule has 0 unspecified atom stereocenters. The molecule has 15 heavy (non-hydrogen) atoms. The highest BCUT2D eigenvalue weighted by Gasteiger charge is 2.09. The van der Waals surface area contributed by atoms with Crippen molar-refractivity contribution in [2.75, 3.05) is 7.11 Å². The van der Waals surface area contributed by atoms with E-state index in [9.17, 15) is 0 Å². The first-order valence-corrected chi connectivity index (χ1v) is 4.86. The van der Waals surface area contributed by atoms with Crippen molar-refractivity contribution < 1.29 is 9.15 Å². The second kappa shape index (κ2) is 3.95. The Kier molecular flexibility index (Phi) is 2.64. The zero-order valence-corrected chi connectivity index (χ0v) is 9.21. The molecule has 0 aliphatic heterocycles. The van der Waals surface area contributed by atoms with Gasteiger partial charge in [0, 0.05) is 5.56 Å². The van der Waals surface area contributed by atoms with Crippen LogP contribution in [0.25, 0.3) is 11.3 Å². The third-order valence-corrected chi connectivity index (χ3v) is 2.28. The van der Waals surface area contributed by atoms with E-state index in [0.29, 0.717) is 5.76 Å². The molecule has 1 aromatic heterocycles.